The van der Waals surface area contributed by atoms with E-state index in [9.17, 15) is 19.5 Å². The Kier molecular flexibility index (Phi) is 5.76. The molecule has 1 fully saturated rings. The third-order valence-corrected chi connectivity index (χ3v) is 7.60. The smallest absolute Gasteiger partial charge is 0.341 e. The van der Waals surface area contributed by atoms with Crippen molar-refractivity contribution in [1.82, 2.24) is 0 Å². The molecule has 29 heavy (non-hydrogen) atoms. The van der Waals surface area contributed by atoms with Crippen LogP contribution in [-0.4, -0.2) is 29.6 Å². The minimum Gasteiger partial charge on any atom is -0.481 e. The predicted molar refractivity (Wildman–Crippen MR) is 110 cm³/mol. The first-order valence-corrected chi connectivity index (χ1v) is 11.4. The Bertz CT molecular complexity index is 858. The third-order valence-electron chi connectivity index (χ3n) is 6.39. The van der Waals surface area contributed by atoms with Crippen molar-refractivity contribution in [1.29, 1.82) is 0 Å². The number of anilines is 1. The van der Waals surface area contributed by atoms with Crippen LogP contribution in [0.2, 0.25) is 0 Å². The number of carbonyl (C=O) groups excluding carboxylic acids is 2. The van der Waals surface area contributed by atoms with Gasteiger partial charge in [0.25, 0.3) is 0 Å². The summed E-state index contributed by atoms with van der Waals surface area (Å²) in [5.74, 6) is -3.01. The number of esters is 1. The first kappa shape index (κ1) is 20.1. The van der Waals surface area contributed by atoms with Crippen molar-refractivity contribution in [2.75, 3.05) is 11.9 Å². The van der Waals surface area contributed by atoms with Crippen molar-refractivity contribution in [3.63, 3.8) is 0 Å². The Hall–Kier alpha value is -2.15. The lowest BCUT2D eigenvalue weighted by Gasteiger charge is -2.23. The van der Waals surface area contributed by atoms with Crippen molar-refractivity contribution in [3.8, 4) is 0 Å². The Morgan fingerprint density at radius 3 is 2.62 bits per heavy atom. The van der Waals surface area contributed by atoms with Gasteiger partial charge in [-0.15, -0.1) is 11.3 Å². The summed E-state index contributed by atoms with van der Waals surface area (Å²) in [6, 6.07) is 0. The van der Waals surface area contributed by atoms with E-state index in [-0.39, 0.29) is 23.7 Å². The topological polar surface area (TPSA) is 92.7 Å². The highest BCUT2D eigenvalue weighted by molar-refractivity contribution is 7.17. The summed E-state index contributed by atoms with van der Waals surface area (Å²) < 4.78 is 5.46. The number of allylic oxidation sites excluding steroid dienone is 2. The number of aryl methyl sites for hydroxylation is 1. The van der Waals surface area contributed by atoms with E-state index in [0.717, 1.165) is 49.0 Å². The van der Waals surface area contributed by atoms with Crippen LogP contribution < -0.4 is 5.32 Å². The second kappa shape index (κ2) is 8.30. The number of thiophene rings is 1. The number of amides is 1. The highest BCUT2D eigenvalue weighted by Gasteiger charge is 2.51. The second-order valence-corrected chi connectivity index (χ2v) is 9.34. The van der Waals surface area contributed by atoms with E-state index in [1.807, 2.05) is 19.1 Å². The molecule has 0 spiro atoms. The van der Waals surface area contributed by atoms with Gasteiger partial charge in [-0.05, 0) is 55.9 Å². The molecule has 1 saturated carbocycles. The first-order chi connectivity index (χ1) is 14.0. The molecule has 6 nitrogen and oxygen atoms in total. The molecule has 2 N–H and O–H groups in total. The molecule has 1 amide bonds. The fourth-order valence-electron chi connectivity index (χ4n) is 4.96. The molecule has 3 aliphatic rings. The van der Waals surface area contributed by atoms with Crippen molar-refractivity contribution in [2.24, 2.45) is 23.7 Å². The number of fused-ring (bicyclic) bond motifs is 3. The van der Waals surface area contributed by atoms with Crippen LogP contribution in [0.3, 0.4) is 0 Å². The van der Waals surface area contributed by atoms with Crippen LogP contribution in [0.15, 0.2) is 12.2 Å². The Balaban J connectivity index is 1.59. The first-order valence-electron chi connectivity index (χ1n) is 10.5. The molecule has 4 atom stereocenters. The maximum absolute atomic E-state index is 13.1. The van der Waals surface area contributed by atoms with Crippen LogP contribution in [0, 0.1) is 23.7 Å². The molecule has 0 aromatic carbocycles. The number of aliphatic carboxylic acids is 1. The largest absolute Gasteiger partial charge is 0.481 e. The fourth-order valence-corrected chi connectivity index (χ4v) is 6.24. The van der Waals surface area contributed by atoms with Crippen molar-refractivity contribution < 1.29 is 24.2 Å². The molecule has 156 valence electrons. The highest BCUT2D eigenvalue weighted by Crippen LogP contribution is 2.49. The molecule has 1 aromatic heterocycles. The summed E-state index contributed by atoms with van der Waals surface area (Å²) in [7, 11) is 0. The quantitative estimate of drug-likeness (QED) is 0.397. The standard InChI is InChI=1S/C22H27NO5S/c1-2-3-10-28-22(27)18-14-6-4-5-7-15(14)29-20(18)23-19(24)16-12-8-9-13(11-12)17(16)21(25)26/h8-9,12-13,16-17H,2-7,10-11H2,1H3,(H,23,24)(H,25,26)/t12-,13+,16-,17+/m1/s1. The molecule has 0 radical (unpaired) electrons. The number of nitrogens with one attached hydrogen (secondary N) is 1. The average molecular weight is 418 g/mol. The zero-order valence-corrected chi connectivity index (χ0v) is 17.4. The van der Waals surface area contributed by atoms with Gasteiger partial charge in [0.15, 0.2) is 0 Å². The molecule has 3 aliphatic carbocycles. The molecule has 2 bridgehead atoms. The van der Waals surface area contributed by atoms with E-state index in [2.05, 4.69) is 5.32 Å². The summed E-state index contributed by atoms with van der Waals surface area (Å²) in [6.45, 7) is 2.40. The average Bonchev–Trinajstić information content (AvgIpc) is 3.40. The predicted octanol–water partition coefficient (Wildman–Crippen LogP) is 4.05. The van der Waals surface area contributed by atoms with E-state index in [0.29, 0.717) is 23.6 Å². The second-order valence-electron chi connectivity index (χ2n) is 8.23. The molecule has 0 aliphatic heterocycles. The number of ether oxygens (including phenoxy) is 1. The Morgan fingerprint density at radius 2 is 1.90 bits per heavy atom. The number of carbonyl (C=O) groups is 3. The van der Waals surface area contributed by atoms with Gasteiger partial charge in [0.2, 0.25) is 5.91 Å². The van der Waals surface area contributed by atoms with Gasteiger partial charge in [-0.2, -0.15) is 0 Å². The maximum atomic E-state index is 13.1. The minimum atomic E-state index is -0.924. The van der Waals surface area contributed by atoms with E-state index in [4.69, 9.17) is 4.74 Å². The van der Waals surface area contributed by atoms with Gasteiger partial charge in [0.1, 0.15) is 5.00 Å². The normalized spacial score (nSPS) is 26.9. The van der Waals surface area contributed by atoms with Crippen LogP contribution in [0.1, 0.15) is 59.8 Å². The van der Waals surface area contributed by atoms with Gasteiger partial charge in [-0.3, -0.25) is 9.59 Å². The minimum absolute atomic E-state index is 0.0457. The number of hydrogen-bond donors (Lipinski definition) is 2. The van der Waals surface area contributed by atoms with E-state index in [1.165, 1.54) is 11.3 Å². The van der Waals surface area contributed by atoms with Crippen molar-refractivity contribution in [3.05, 3.63) is 28.2 Å². The summed E-state index contributed by atoms with van der Waals surface area (Å²) in [5.41, 5.74) is 1.49. The van der Waals surface area contributed by atoms with Crippen molar-refractivity contribution in [2.45, 2.75) is 51.9 Å². The highest BCUT2D eigenvalue weighted by atomic mass is 32.1. The Labute approximate surface area is 174 Å². The van der Waals surface area contributed by atoms with Gasteiger partial charge in [-0.25, -0.2) is 4.79 Å². The zero-order chi connectivity index (χ0) is 20.5. The van der Waals surface area contributed by atoms with Crippen LogP contribution in [0.5, 0.6) is 0 Å². The number of carboxylic acid groups (broad SMARTS) is 1. The summed E-state index contributed by atoms with van der Waals surface area (Å²) >= 11 is 1.45. The van der Waals surface area contributed by atoms with Gasteiger partial charge in [-0.1, -0.05) is 25.5 Å². The van der Waals surface area contributed by atoms with Crippen LogP contribution in [0.25, 0.3) is 0 Å². The molecule has 1 aromatic rings. The maximum Gasteiger partial charge on any atom is 0.341 e. The number of unbranched alkanes of at least 4 members (excludes halogenated alkanes) is 1. The van der Waals surface area contributed by atoms with Gasteiger partial charge >= 0.3 is 11.9 Å². The zero-order valence-electron chi connectivity index (χ0n) is 16.6. The molecular formula is C22H27NO5S. The molecule has 4 rings (SSSR count). The van der Waals surface area contributed by atoms with Gasteiger partial charge < -0.3 is 15.2 Å². The Morgan fingerprint density at radius 1 is 1.17 bits per heavy atom. The monoisotopic (exact) mass is 417 g/mol. The summed E-state index contributed by atoms with van der Waals surface area (Å²) in [5, 5.41) is 13.1. The molecule has 0 unspecified atom stereocenters. The lowest BCUT2D eigenvalue weighted by atomic mass is 9.82. The van der Waals surface area contributed by atoms with Crippen molar-refractivity contribution >= 4 is 34.2 Å². The number of rotatable bonds is 7. The molecule has 1 heterocycles. The number of hydrogen-bond acceptors (Lipinski definition) is 5. The summed E-state index contributed by atoms with van der Waals surface area (Å²) in [4.78, 5) is 38.8. The third kappa shape index (κ3) is 3.72. The molecular weight excluding hydrogens is 390 g/mol. The van der Waals surface area contributed by atoms with Crippen LogP contribution in [0.4, 0.5) is 5.00 Å². The number of carboxylic acids is 1. The van der Waals surface area contributed by atoms with E-state index >= 15 is 0 Å². The van der Waals surface area contributed by atoms with E-state index < -0.39 is 17.8 Å². The summed E-state index contributed by atoms with van der Waals surface area (Å²) in [6.07, 6.45) is 10.1. The SMILES string of the molecule is CCCCOC(=O)c1c(NC(=O)[C@H]2[C@@H](C(=O)O)[C@H]3C=C[C@@H]2C3)sc2c1CCCC2. The molecule has 0 saturated heterocycles. The lowest BCUT2D eigenvalue weighted by molar-refractivity contribution is -0.146. The van der Waals surface area contributed by atoms with Gasteiger partial charge in [0.05, 0.1) is 24.0 Å². The molecule has 7 heteroatoms. The van der Waals surface area contributed by atoms with E-state index in [1.54, 1.807) is 0 Å². The van der Waals surface area contributed by atoms with Gasteiger partial charge in [0, 0.05) is 4.88 Å². The lowest BCUT2D eigenvalue weighted by Crippen LogP contribution is -2.36. The van der Waals surface area contributed by atoms with Crippen LogP contribution >= 0.6 is 11.3 Å². The fraction of sp³-hybridized carbons (Fsp3) is 0.591. The van der Waals surface area contributed by atoms with Crippen LogP contribution in [-0.2, 0) is 27.2 Å².